The van der Waals surface area contributed by atoms with Crippen LogP contribution in [0.4, 0.5) is 0 Å². The van der Waals surface area contributed by atoms with Gasteiger partial charge < -0.3 is 5.32 Å². The molecule has 0 aromatic carbocycles. The van der Waals surface area contributed by atoms with Gasteiger partial charge in [-0.3, -0.25) is 0 Å². The summed E-state index contributed by atoms with van der Waals surface area (Å²) in [7, 11) is -1.29. The van der Waals surface area contributed by atoms with Crippen molar-refractivity contribution < 1.29 is 8.42 Å². The summed E-state index contributed by atoms with van der Waals surface area (Å²) in [5.41, 5.74) is 0. The lowest BCUT2D eigenvalue weighted by Gasteiger charge is -2.10. The van der Waals surface area contributed by atoms with Crippen LogP contribution in [-0.4, -0.2) is 34.3 Å². The second-order valence-corrected chi connectivity index (χ2v) is 5.85. The standard InChI is InChI=1S/C9H20N2O2S/c1-10-6-7-14(12,13)11-8-9-4-2-3-5-9/h9-11H,2-8H2,1H3. The molecule has 4 nitrogen and oxygen atoms in total. The van der Waals surface area contributed by atoms with E-state index >= 15 is 0 Å². The zero-order chi connectivity index (χ0) is 10.4. The summed E-state index contributed by atoms with van der Waals surface area (Å²) in [6.07, 6.45) is 4.86. The van der Waals surface area contributed by atoms with Crippen LogP contribution in [0.25, 0.3) is 0 Å². The average molecular weight is 220 g/mol. The minimum atomic E-state index is -3.04. The average Bonchev–Trinajstić information content (AvgIpc) is 2.64. The maximum absolute atomic E-state index is 11.4. The molecule has 0 atom stereocenters. The van der Waals surface area contributed by atoms with Crippen molar-refractivity contribution >= 4 is 10.0 Å². The van der Waals surface area contributed by atoms with Gasteiger partial charge in [0.1, 0.15) is 0 Å². The van der Waals surface area contributed by atoms with E-state index in [-0.39, 0.29) is 5.75 Å². The van der Waals surface area contributed by atoms with Gasteiger partial charge in [-0.2, -0.15) is 0 Å². The van der Waals surface area contributed by atoms with E-state index in [1.165, 1.54) is 25.7 Å². The van der Waals surface area contributed by atoms with Gasteiger partial charge in [-0.25, -0.2) is 13.1 Å². The van der Waals surface area contributed by atoms with Crippen molar-refractivity contribution in [3.05, 3.63) is 0 Å². The molecule has 2 N–H and O–H groups in total. The van der Waals surface area contributed by atoms with Crippen molar-refractivity contribution in [2.45, 2.75) is 25.7 Å². The van der Waals surface area contributed by atoms with Crippen molar-refractivity contribution in [1.29, 1.82) is 0 Å². The van der Waals surface area contributed by atoms with Gasteiger partial charge in [0.25, 0.3) is 0 Å². The van der Waals surface area contributed by atoms with Gasteiger partial charge in [-0.05, 0) is 25.8 Å². The van der Waals surface area contributed by atoms with E-state index in [0.717, 1.165) is 0 Å². The van der Waals surface area contributed by atoms with Gasteiger partial charge in [0.15, 0.2) is 0 Å². The van der Waals surface area contributed by atoms with Crippen LogP contribution in [0.1, 0.15) is 25.7 Å². The summed E-state index contributed by atoms with van der Waals surface area (Å²) >= 11 is 0. The van der Waals surface area contributed by atoms with Gasteiger partial charge in [0, 0.05) is 13.1 Å². The van der Waals surface area contributed by atoms with Crippen LogP contribution in [0.2, 0.25) is 0 Å². The molecule has 0 aromatic heterocycles. The largest absolute Gasteiger partial charge is 0.319 e. The number of rotatable bonds is 6. The normalized spacial score (nSPS) is 18.9. The van der Waals surface area contributed by atoms with E-state index in [4.69, 9.17) is 0 Å². The Bertz CT molecular complexity index is 246. The van der Waals surface area contributed by atoms with E-state index in [0.29, 0.717) is 19.0 Å². The van der Waals surface area contributed by atoms with Gasteiger partial charge >= 0.3 is 0 Å². The molecule has 0 aromatic rings. The zero-order valence-corrected chi connectivity index (χ0v) is 9.57. The number of hydrogen-bond donors (Lipinski definition) is 2. The number of nitrogens with one attached hydrogen (secondary N) is 2. The SMILES string of the molecule is CNCCS(=O)(=O)NCC1CCCC1. The fourth-order valence-electron chi connectivity index (χ4n) is 1.77. The molecule has 0 aliphatic heterocycles. The lowest BCUT2D eigenvalue weighted by atomic mass is 10.1. The summed E-state index contributed by atoms with van der Waals surface area (Å²) in [6, 6.07) is 0. The highest BCUT2D eigenvalue weighted by molar-refractivity contribution is 7.89. The summed E-state index contributed by atoms with van der Waals surface area (Å²) in [5, 5.41) is 2.83. The number of hydrogen-bond acceptors (Lipinski definition) is 3. The highest BCUT2D eigenvalue weighted by atomic mass is 32.2. The highest BCUT2D eigenvalue weighted by Gasteiger charge is 2.17. The van der Waals surface area contributed by atoms with Crippen molar-refractivity contribution in [2.24, 2.45) is 5.92 Å². The van der Waals surface area contributed by atoms with Gasteiger partial charge in [0.2, 0.25) is 10.0 Å². The molecule has 0 bridgehead atoms. The molecule has 14 heavy (non-hydrogen) atoms. The molecule has 1 aliphatic carbocycles. The van der Waals surface area contributed by atoms with Crippen LogP contribution in [0.5, 0.6) is 0 Å². The maximum atomic E-state index is 11.4. The molecule has 5 heteroatoms. The van der Waals surface area contributed by atoms with Crippen molar-refractivity contribution in [1.82, 2.24) is 10.0 Å². The molecule has 0 amide bonds. The first-order valence-corrected chi connectivity index (χ1v) is 6.91. The van der Waals surface area contributed by atoms with Crippen LogP contribution < -0.4 is 10.0 Å². The van der Waals surface area contributed by atoms with Gasteiger partial charge in [-0.15, -0.1) is 0 Å². The summed E-state index contributed by atoms with van der Waals surface area (Å²) in [4.78, 5) is 0. The minimum Gasteiger partial charge on any atom is -0.319 e. The Labute approximate surface area is 86.5 Å². The third-order valence-corrected chi connectivity index (χ3v) is 4.04. The molecule has 1 saturated carbocycles. The van der Waals surface area contributed by atoms with Crippen LogP contribution >= 0.6 is 0 Å². The summed E-state index contributed by atoms with van der Waals surface area (Å²) in [5.74, 6) is 0.746. The minimum absolute atomic E-state index is 0.177. The predicted molar refractivity (Wildman–Crippen MR) is 57.7 cm³/mol. The monoisotopic (exact) mass is 220 g/mol. The van der Waals surface area contributed by atoms with E-state index < -0.39 is 10.0 Å². The third-order valence-electron chi connectivity index (χ3n) is 2.69. The summed E-state index contributed by atoms with van der Waals surface area (Å²) in [6.45, 7) is 1.14. The Balaban J connectivity index is 2.21. The van der Waals surface area contributed by atoms with Crippen LogP contribution in [0, 0.1) is 5.92 Å². The van der Waals surface area contributed by atoms with E-state index in [1.54, 1.807) is 7.05 Å². The van der Waals surface area contributed by atoms with Crippen LogP contribution in [-0.2, 0) is 10.0 Å². The van der Waals surface area contributed by atoms with E-state index in [9.17, 15) is 8.42 Å². The first-order chi connectivity index (χ1) is 6.64. The molecule has 0 saturated heterocycles. The Kier molecular flexibility index (Phi) is 4.84. The molecule has 0 heterocycles. The molecule has 1 fully saturated rings. The first kappa shape index (κ1) is 11.9. The molecular weight excluding hydrogens is 200 g/mol. The second kappa shape index (κ2) is 5.68. The van der Waals surface area contributed by atoms with Crippen LogP contribution in [0.3, 0.4) is 0 Å². The Morgan fingerprint density at radius 2 is 1.93 bits per heavy atom. The fourth-order valence-corrected chi connectivity index (χ4v) is 2.87. The molecule has 84 valence electrons. The molecule has 0 spiro atoms. The van der Waals surface area contributed by atoms with Crippen molar-refractivity contribution in [3.63, 3.8) is 0 Å². The van der Waals surface area contributed by atoms with Gasteiger partial charge in [-0.1, -0.05) is 12.8 Å². The Hall–Kier alpha value is -0.130. The van der Waals surface area contributed by atoms with Crippen LogP contribution in [0.15, 0.2) is 0 Å². The zero-order valence-electron chi connectivity index (χ0n) is 8.75. The Morgan fingerprint density at radius 1 is 1.29 bits per heavy atom. The number of sulfonamides is 1. The molecule has 1 aliphatic rings. The smallest absolute Gasteiger partial charge is 0.212 e. The van der Waals surface area contributed by atoms with Gasteiger partial charge in [0.05, 0.1) is 5.75 Å². The summed E-state index contributed by atoms with van der Waals surface area (Å²) < 4.78 is 25.5. The Morgan fingerprint density at radius 3 is 2.50 bits per heavy atom. The first-order valence-electron chi connectivity index (χ1n) is 5.26. The molecule has 0 radical (unpaired) electrons. The predicted octanol–water partition coefficient (Wildman–Crippen LogP) is 0.315. The quantitative estimate of drug-likeness (QED) is 0.677. The topological polar surface area (TPSA) is 58.2 Å². The van der Waals surface area contributed by atoms with Crippen molar-refractivity contribution in [3.8, 4) is 0 Å². The van der Waals surface area contributed by atoms with E-state index in [1.807, 2.05) is 0 Å². The van der Waals surface area contributed by atoms with Crippen molar-refractivity contribution in [2.75, 3.05) is 25.9 Å². The molecule has 0 unspecified atom stereocenters. The maximum Gasteiger partial charge on any atom is 0.212 e. The fraction of sp³-hybridized carbons (Fsp3) is 1.00. The third kappa shape index (κ3) is 4.39. The lowest BCUT2D eigenvalue weighted by molar-refractivity contribution is 0.519. The molecular formula is C9H20N2O2S. The van der Waals surface area contributed by atoms with E-state index in [2.05, 4.69) is 10.0 Å². The molecule has 1 rings (SSSR count). The highest BCUT2D eigenvalue weighted by Crippen LogP contribution is 2.23. The second-order valence-electron chi connectivity index (χ2n) is 3.92. The lowest BCUT2D eigenvalue weighted by Crippen LogP contribution is -2.33.